The number of nitrogens with zero attached hydrogens (tertiary/aromatic N) is 2. The maximum absolute atomic E-state index is 13.7. The van der Waals surface area contributed by atoms with Crippen LogP contribution in [-0.4, -0.2) is 55.6 Å². The number of fused-ring (bicyclic) bond motifs is 2. The Morgan fingerprint density at radius 3 is 2.81 bits per heavy atom. The van der Waals surface area contributed by atoms with Gasteiger partial charge in [0.15, 0.2) is 0 Å². The summed E-state index contributed by atoms with van der Waals surface area (Å²) in [6, 6.07) is 15.2. The second kappa shape index (κ2) is 9.22. The van der Waals surface area contributed by atoms with Gasteiger partial charge in [0.1, 0.15) is 11.4 Å². The Morgan fingerprint density at radius 1 is 1.16 bits per heavy atom. The van der Waals surface area contributed by atoms with E-state index in [1.54, 1.807) is 12.1 Å². The molecular formula is C27H36FN3O. The van der Waals surface area contributed by atoms with Gasteiger partial charge in [0.25, 0.3) is 0 Å². The highest BCUT2D eigenvalue weighted by atomic mass is 19.1. The van der Waals surface area contributed by atoms with Gasteiger partial charge in [-0.3, -0.25) is 4.90 Å². The van der Waals surface area contributed by atoms with E-state index in [1.807, 2.05) is 12.1 Å². The topological polar surface area (TPSA) is 27.7 Å². The average Bonchev–Trinajstić information content (AvgIpc) is 3.36. The zero-order valence-electron chi connectivity index (χ0n) is 19.4. The molecule has 172 valence electrons. The zero-order valence-corrected chi connectivity index (χ0v) is 19.4. The zero-order chi connectivity index (χ0) is 22.1. The van der Waals surface area contributed by atoms with E-state index in [0.29, 0.717) is 18.7 Å². The van der Waals surface area contributed by atoms with Crippen LogP contribution in [0.2, 0.25) is 0 Å². The lowest BCUT2D eigenvalue weighted by molar-refractivity contribution is -0.0140. The third kappa shape index (κ3) is 4.24. The minimum atomic E-state index is -0.483. The van der Waals surface area contributed by atoms with Crippen molar-refractivity contribution in [3.8, 4) is 0 Å². The molecule has 0 amide bonds. The summed E-state index contributed by atoms with van der Waals surface area (Å²) in [5, 5.41) is 3.71. The fraction of sp³-hybridized carbons (Fsp3) is 0.556. The molecule has 3 atom stereocenters. The Bertz CT molecular complexity index is 931. The molecule has 3 aliphatic heterocycles. The molecule has 5 heteroatoms. The fourth-order valence-electron chi connectivity index (χ4n) is 6.06. The molecule has 1 N–H and O–H groups in total. The standard InChI is InChI=1S/C27H36FN3O/c1-30(2)15-4-13-27(22-7-9-23(28)10-8-22)24-11-6-20(17-21(24)19-32-27)18-31-16-12-25-26(31)5-3-14-29-25/h6-11,17,25-26,29H,3-5,12-16,18-19H2,1-2H3. The van der Waals surface area contributed by atoms with E-state index >= 15 is 0 Å². The lowest BCUT2D eigenvalue weighted by Crippen LogP contribution is -2.46. The number of hydrogen-bond acceptors (Lipinski definition) is 4. The SMILES string of the molecule is CN(C)CCCC1(c2ccc(F)cc2)OCc2cc(CN3CCC4NCCCC43)ccc21. The molecular weight excluding hydrogens is 401 g/mol. The number of likely N-dealkylation sites (tertiary alicyclic amines) is 1. The van der Waals surface area contributed by atoms with Gasteiger partial charge in [-0.15, -0.1) is 0 Å². The Balaban J connectivity index is 1.39. The van der Waals surface area contributed by atoms with Gasteiger partial charge in [-0.05, 0) is 93.7 Å². The van der Waals surface area contributed by atoms with E-state index < -0.39 is 5.60 Å². The van der Waals surface area contributed by atoms with Crippen LogP contribution in [0.25, 0.3) is 0 Å². The van der Waals surface area contributed by atoms with Gasteiger partial charge in [0, 0.05) is 25.2 Å². The predicted molar refractivity (Wildman–Crippen MR) is 126 cm³/mol. The van der Waals surface area contributed by atoms with Crippen molar-refractivity contribution in [3.05, 3.63) is 70.5 Å². The van der Waals surface area contributed by atoms with Gasteiger partial charge >= 0.3 is 0 Å². The quantitative estimate of drug-likeness (QED) is 0.700. The van der Waals surface area contributed by atoms with Gasteiger partial charge in [-0.2, -0.15) is 0 Å². The third-order valence-electron chi connectivity index (χ3n) is 7.65. The van der Waals surface area contributed by atoms with Crippen LogP contribution in [0.1, 0.15) is 54.4 Å². The van der Waals surface area contributed by atoms with Gasteiger partial charge in [0.05, 0.1) is 6.61 Å². The molecule has 0 saturated carbocycles. The largest absolute Gasteiger partial charge is 0.361 e. The molecule has 2 aromatic rings. The smallest absolute Gasteiger partial charge is 0.123 e. The summed E-state index contributed by atoms with van der Waals surface area (Å²) in [6.45, 7) is 4.99. The van der Waals surface area contributed by atoms with Crippen LogP contribution in [0.15, 0.2) is 42.5 Å². The predicted octanol–water partition coefficient (Wildman–Crippen LogP) is 4.27. The highest BCUT2D eigenvalue weighted by Crippen LogP contribution is 2.45. The molecule has 3 aliphatic rings. The van der Waals surface area contributed by atoms with Crippen molar-refractivity contribution in [1.29, 1.82) is 0 Å². The monoisotopic (exact) mass is 437 g/mol. The Kier molecular flexibility index (Phi) is 6.35. The van der Waals surface area contributed by atoms with Crippen LogP contribution < -0.4 is 5.32 Å². The van der Waals surface area contributed by atoms with Crippen molar-refractivity contribution >= 4 is 0 Å². The molecule has 3 heterocycles. The molecule has 32 heavy (non-hydrogen) atoms. The van der Waals surface area contributed by atoms with Crippen molar-refractivity contribution in [2.75, 3.05) is 33.7 Å². The molecule has 0 radical (unpaired) electrons. The Labute approximate surface area is 191 Å². The van der Waals surface area contributed by atoms with Gasteiger partial charge < -0.3 is 15.0 Å². The summed E-state index contributed by atoms with van der Waals surface area (Å²) in [5.74, 6) is -0.202. The first-order valence-electron chi connectivity index (χ1n) is 12.2. The summed E-state index contributed by atoms with van der Waals surface area (Å²) in [7, 11) is 4.20. The number of halogens is 1. The van der Waals surface area contributed by atoms with Crippen molar-refractivity contribution in [1.82, 2.24) is 15.1 Å². The van der Waals surface area contributed by atoms with Crippen LogP contribution in [0, 0.1) is 5.82 Å². The van der Waals surface area contributed by atoms with E-state index in [9.17, 15) is 4.39 Å². The molecule has 0 aromatic heterocycles. The molecule has 0 bridgehead atoms. The van der Waals surface area contributed by atoms with E-state index in [0.717, 1.165) is 31.5 Å². The average molecular weight is 438 g/mol. The van der Waals surface area contributed by atoms with Crippen molar-refractivity contribution in [3.63, 3.8) is 0 Å². The second-order valence-corrected chi connectivity index (χ2v) is 10.1. The molecule has 0 spiro atoms. The normalized spacial score (nSPS) is 27.6. The summed E-state index contributed by atoms with van der Waals surface area (Å²) in [6.07, 6.45) is 5.77. The van der Waals surface area contributed by atoms with Crippen LogP contribution >= 0.6 is 0 Å². The van der Waals surface area contributed by atoms with Gasteiger partial charge in [-0.1, -0.05) is 30.3 Å². The number of ether oxygens (including phenoxy) is 1. The Hall–Kier alpha value is -1.79. The molecule has 2 fully saturated rings. The van der Waals surface area contributed by atoms with E-state index in [1.165, 1.54) is 49.0 Å². The van der Waals surface area contributed by atoms with Gasteiger partial charge in [0.2, 0.25) is 0 Å². The van der Waals surface area contributed by atoms with Crippen LogP contribution in [-0.2, 0) is 23.5 Å². The Morgan fingerprint density at radius 2 is 2.00 bits per heavy atom. The van der Waals surface area contributed by atoms with E-state index in [2.05, 4.69) is 47.4 Å². The fourth-order valence-corrected chi connectivity index (χ4v) is 6.06. The van der Waals surface area contributed by atoms with Gasteiger partial charge in [-0.25, -0.2) is 4.39 Å². The number of rotatable bonds is 7. The first-order valence-corrected chi connectivity index (χ1v) is 12.2. The summed E-state index contributed by atoms with van der Waals surface area (Å²) >= 11 is 0. The molecule has 4 nitrogen and oxygen atoms in total. The molecule has 2 aromatic carbocycles. The van der Waals surface area contributed by atoms with Crippen molar-refractivity contribution in [2.45, 2.75) is 62.9 Å². The summed E-state index contributed by atoms with van der Waals surface area (Å²) in [4.78, 5) is 4.87. The van der Waals surface area contributed by atoms with Crippen LogP contribution in [0.4, 0.5) is 4.39 Å². The minimum Gasteiger partial charge on any atom is -0.361 e. The number of hydrogen-bond donors (Lipinski definition) is 1. The van der Waals surface area contributed by atoms with E-state index in [4.69, 9.17) is 4.74 Å². The van der Waals surface area contributed by atoms with E-state index in [-0.39, 0.29) is 5.82 Å². The molecule has 3 unspecified atom stereocenters. The minimum absolute atomic E-state index is 0.202. The maximum atomic E-state index is 13.7. The first kappa shape index (κ1) is 22.0. The number of benzene rings is 2. The van der Waals surface area contributed by atoms with Crippen molar-refractivity contribution in [2.24, 2.45) is 0 Å². The lowest BCUT2D eigenvalue weighted by atomic mass is 9.81. The van der Waals surface area contributed by atoms with Crippen LogP contribution in [0.3, 0.4) is 0 Å². The summed E-state index contributed by atoms with van der Waals surface area (Å²) < 4.78 is 20.2. The third-order valence-corrected chi connectivity index (χ3v) is 7.65. The lowest BCUT2D eigenvalue weighted by Gasteiger charge is -2.33. The van der Waals surface area contributed by atoms with Crippen LogP contribution in [0.5, 0.6) is 0 Å². The number of piperidine rings is 1. The molecule has 0 aliphatic carbocycles. The molecule has 2 saturated heterocycles. The van der Waals surface area contributed by atoms with Crippen molar-refractivity contribution < 1.29 is 9.13 Å². The maximum Gasteiger partial charge on any atom is 0.123 e. The first-order chi connectivity index (χ1) is 15.5. The summed E-state index contributed by atoms with van der Waals surface area (Å²) in [5.41, 5.74) is 4.49. The second-order valence-electron chi connectivity index (χ2n) is 10.1. The number of nitrogens with one attached hydrogen (secondary N) is 1. The molecule has 5 rings (SSSR count). The highest BCUT2D eigenvalue weighted by Gasteiger charge is 2.42. The highest BCUT2D eigenvalue weighted by molar-refractivity contribution is 5.45.